The lowest BCUT2D eigenvalue weighted by Crippen LogP contribution is -2.38. The summed E-state index contributed by atoms with van der Waals surface area (Å²) in [5.74, 6) is -0.0179. The summed E-state index contributed by atoms with van der Waals surface area (Å²) in [6.07, 6.45) is 2.71. The van der Waals surface area contributed by atoms with Gasteiger partial charge in [-0.3, -0.25) is 4.79 Å². The summed E-state index contributed by atoms with van der Waals surface area (Å²) in [4.78, 5) is 13.8. The van der Waals surface area contributed by atoms with Gasteiger partial charge in [-0.15, -0.1) is 0 Å². The summed E-state index contributed by atoms with van der Waals surface area (Å²) in [6.45, 7) is 2.72. The van der Waals surface area contributed by atoms with E-state index in [0.29, 0.717) is 0 Å². The topological polar surface area (TPSA) is 67.6 Å². The van der Waals surface area contributed by atoms with Gasteiger partial charge in [0.15, 0.2) is 0 Å². The fourth-order valence-corrected chi connectivity index (χ4v) is 3.14. The molecule has 2 saturated heterocycles. The van der Waals surface area contributed by atoms with E-state index >= 15 is 0 Å². The number of esters is 1. The van der Waals surface area contributed by atoms with E-state index in [-0.39, 0.29) is 11.9 Å². The van der Waals surface area contributed by atoms with Gasteiger partial charge in [0.1, 0.15) is 0 Å². The molecule has 0 aromatic rings. The average Bonchev–Trinajstić information content (AvgIpc) is 2.99. The lowest BCUT2D eigenvalue weighted by molar-refractivity contribution is -0.146. The maximum atomic E-state index is 11.5. The van der Waals surface area contributed by atoms with Crippen molar-refractivity contribution < 1.29 is 9.53 Å². The highest BCUT2D eigenvalue weighted by Crippen LogP contribution is 2.36. The third-order valence-corrected chi connectivity index (χ3v) is 4.17. The van der Waals surface area contributed by atoms with Crippen LogP contribution in [0.3, 0.4) is 0 Å². The summed E-state index contributed by atoms with van der Waals surface area (Å²) in [5.41, 5.74) is 10.9. The van der Waals surface area contributed by atoms with E-state index in [4.69, 9.17) is 10.5 Å². The Hall–Kier alpha value is -1.65. The Kier molecular flexibility index (Phi) is 2.69. The monoisotopic (exact) mass is 249 g/mol. The summed E-state index contributed by atoms with van der Waals surface area (Å²) in [6, 6.07) is 0. The zero-order valence-corrected chi connectivity index (χ0v) is 10.7. The van der Waals surface area contributed by atoms with Crippen LogP contribution in [-0.2, 0) is 9.53 Å². The minimum absolute atomic E-state index is 0.0578. The van der Waals surface area contributed by atoms with Crippen molar-refractivity contribution in [2.45, 2.75) is 19.3 Å². The molecule has 18 heavy (non-hydrogen) atoms. The number of carbonyl (C=O) groups excluding carboxylic acids is 1. The van der Waals surface area contributed by atoms with Gasteiger partial charge in [0, 0.05) is 31.8 Å². The Morgan fingerprint density at radius 2 is 2.17 bits per heavy atom. The molecule has 0 aromatic heterocycles. The molecule has 2 aliphatic heterocycles. The van der Waals surface area contributed by atoms with Gasteiger partial charge in [-0.1, -0.05) is 0 Å². The third kappa shape index (κ3) is 1.65. The van der Waals surface area contributed by atoms with Crippen LogP contribution in [0, 0.1) is 5.92 Å². The van der Waals surface area contributed by atoms with Crippen LogP contribution in [0.2, 0.25) is 0 Å². The zero-order chi connectivity index (χ0) is 12.7. The number of methoxy groups -OCH3 is 1. The van der Waals surface area contributed by atoms with Gasteiger partial charge in [0.2, 0.25) is 0 Å². The molecular weight excluding hydrogens is 230 g/mol. The molecule has 98 valence electrons. The fourth-order valence-electron chi connectivity index (χ4n) is 3.14. The SMILES string of the molecule is COC(=O)C1CCN(C2=C3CNC(=C2N)C3)CC1. The minimum Gasteiger partial charge on any atom is -0.469 e. The second kappa shape index (κ2) is 4.23. The van der Waals surface area contributed by atoms with Crippen LogP contribution in [0.15, 0.2) is 22.7 Å². The Morgan fingerprint density at radius 3 is 2.72 bits per heavy atom. The first-order valence-electron chi connectivity index (χ1n) is 6.48. The first-order chi connectivity index (χ1) is 8.70. The number of nitrogens with zero attached hydrogens (tertiary/aromatic N) is 1. The largest absolute Gasteiger partial charge is 0.469 e. The van der Waals surface area contributed by atoms with Crippen molar-refractivity contribution in [3.8, 4) is 0 Å². The molecule has 2 fully saturated rings. The lowest BCUT2D eigenvalue weighted by Gasteiger charge is -2.35. The second-order valence-electron chi connectivity index (χ2n) is 5.16. The van der Waals surface area contributed by atoms with E-state index in [1.165, 1.54) is 24.1 Å². The summed E-state index contributed by atoms with van der Waals surface area (Å²) in [5, 5.41) is 3.31. The molecule has 3 N–H and O–H groups in total. The fraction of sp³-hybridized carbons (Fsp3) is 0.615. The van der Waals surface area contributed by atoms with Gasteiger partial charge < -0.3 is 20.7 Å². The van der Waals surface area contributed by atoms with Gasteiger partial charge in [0.05, 0.1) is 24.4 Å². The van der Waals surface area contributed by atoms with Gasteiger partial charge in [-0.2, -0.15) is 0 Å². The number of nitrogens with one attached hydrogen (secondary N) is 1. The molecule has 0 spiro atoms. The first-order valence-corrected chi connectivity index (χ1v) is 6.48. The molecule has 2 heterocycles. The Labute approximate surface area is 107 Å². The molecule has 0 saturated carbocycles. The molecule has 0 aromatic carbocycles. The van der Waals surface area contributed by atoms with Crippen molar-refractivity contribution in [3.63, 3.8) is 0 Å². The second-order valence-corrected chi connectivity index (χ2v) is 5.16. The molecule has 0 unspecified atom stereocenters. The molecule has 1 aliphatic carbocycles. The number of ether oxygens (including phenoxy) is 1. The van der Waals surface area contributed by atoms with E-state index in [1.54, 1.807) is 0 Å². The van der Waals surface area contributed by atoms with Crippen LogP contribution in [0.4, 0.5) is 0 Å². The van der Waals surface area contributed by atoms with Crippen molar-refractivity contribution in [1.29, 1.82) is 0 Å². The molecule has 0 amide bonds. The van der Waals surface area contributed by atoms with Crippen molar-refractivity contribution in [2.75, 3.05) is 26.7 Å². The van der Waals surface area contributed by atoms with E-state index in [2.05, 4.69) is 10.2 Å². The first kappa shape index (κ1) is 11.4. The van der Waals surface area contributed by atoms with Crippen LogP contribution >= 0.6 is 0 Å². The maximum Gasteiger partial charge on any atom is 0.308 e. The highest BCUT2D eigenvalue weighted by molar-refractivity contribution is 5.72. The maximum absolute atomic E-state index is 11.5. The van der Waals surface area contributed by atoms with Crippen LogP contribution in [0.25, 0.3) is 0 Å². The number of carbonyl (C=O) groups is 1. The number of likely N-dealkylation sites (tertiary alicyclic amines) is 1. The van der Waals surface area contributed by atoms with Crippen LogP contribution < -0.4 is 11.1 Å². The summed E-state index contributed by atoms with van der Waals surface area (Å²) < 4.78 is 4.81. The predicted octanol–water partition coefficient (Wildman–Crippen LogP) is 0.303. The molecule has 5 heteroatoms. The molecule has 2 bridgehead atoms. The Bertz CT molecular complexity index is 445. The number of nitrogens with two attached hydrogens (primary N) is 1. The summed E-state index contributed by atoms with van der Waals surface area (Å²) >= 11 is 0. The van der Waals surface area contributed by atoms with E-state index in [0.717, 1.165) is 44.6 Å². The molecular formula is C13H19N3O2. The number of dihydropyridines is 1. The van der Waals surface area contributed by atoms with Crippen molar-refractivity contribution in [2.24, 2.45) is 11.7 Å². The quantitative estimate of drug-likeness (QED) is 0.689. The lowest BCUT2D eigenvalue weighted by atomic mass is 9.96. The van der Waals surface area contributed by atoms with Crippen molar-refractivity contribution >= 4 is 5.97 Å². The molecule has 0 atom stereocenters. The predicted molar refractivity (Wildman–Crippen MR) is 67.2 cm³/mol. The minimum atomic E-state index is -0.0757. The van der Waals surface area contributed by atoms with Crippen molar-refractivity contribution in [3.05, 3.63) is 22.7 Å². The molecule has 3 aliphatic rings. The number of piperidine rings is 1. The summed E-state index contributed by atoms with van der Waals surface area (Å²) in [7, 11) is 1.46. The van der Waals surface area contributed by atoms with Gasteiger partial charge in [-0.25, -0.2) is 0 Å². The highest BCUT2D eigenvalue weighted by Gasteiger charge is 2.34. The zero-order valence-electron chi connectivity index (χ0n) is 10.7. The van der Waals surface area contributed by atoms with Crippen LogP contribution in [0.5, 0.6) is 0 Å². The van der Waals surface area contributed by atoms with Gasteiger partial charge in [-0.05, 0) is 18.4 Å². The van der Waals surface area contributed by atoms with Crippen molar-refractivity contribution in [1.82, 2.24) is 10.2 Å². The van der Waals surface area contributed by atoms with Crippen LogP contribution in [-0.4, -0.2) is 37.6 Å². The third-order valence-electron chi connectivity index (χ3n) is 4.17. The molecule has 5 nitrogen and oxygen atoms in total. The highest BCUT2D eigenvalue weighted by atomic mass is 16.5. The smallest absolute Gasteiger partial charge is 0.308 e. The number of hydrogen-bond acceptors (Lipinski definition) is 5. The molecule has 0 radical (unpaired) electrons. The van der Waals surface area contributed by atoms with Gasteiger partial charge >= 0.3 is 5.97 Å². The van der Waals surface area contributed by atoms with Crippen LogP contribution in [0.1, 0.15) is 19.3 Å². The number of rotatable bonds is 2. The number of hydrogen-bond donors (Lipinski definition) is 2. The van der Waals surface area contributed by atoms with E-state index in [9.17, 15) is 4.79 Å². The standard InChI is InChI=1S/C13H19N3O2/c1-18-13(17)8-2-4-16(5-3-8)12-9-6-10(11(12)14)15-7-9/h8,15H,2-7,14H2,1H3. The average molecular weight is 249 g/mol. The van der Waals surface area contributed by atoms with Gasteiger partial charge in [0.25, 0.3) is 0 Å². The Morgan fingerprint density at radius 1 is 1.44 bits per heavy atom. The number of fused-ring (bicyclic) bond motifs is 2. The normalized spacial score (nSPS) is 23.7. The van der Waals surface area contributed by atoms with E-state index in [1.807, 2.05) is 0 Å². The Balaban J connectivity index is 1.68. The number of allylic oxidation sites excluding steroid dienone is 1. The van der Waals surface area contributed by atoms with E-state index < -0.39 is 0 Å². The molecule has 3 rings (SSSR count).